The third-order valence-electron chi connectivity index (χ3n) is 4.16. The molecule has 1 aliphatic rings. The highest BCUT2D eigenvalue weighted by atomic mass is 16.3. The second-order valence-electron chi connectivity index (χ2n) is 5.75. The second kappa shape index (κ2) is 6.24. The van der Waals surface area contributed by atoms with Gasteiger partial charge in [0.15, 0.2) is 11.6 Å². The highest BCUT2D eigenvalue weighted by Gasteiger charge is 2.29. The van der Waals surface area contributed by atoms with Gasteiger partial charge in [0.1, 0.15) is 5.75 Å². The molecule has 0 amide bonds. The van der Waals surface area contributed by atoms with Crippen LogP contribution in [-0.2, 0) is 6.54 Å². The van der Waals surface area contributed by atoms with Gasteiger partial charge in [-0.25, -0.2) is 0 Å². The quantitative estimate of drug-likeness (QED) is 0.854. The lowest BCUT2D eigenvalue weighted by atomic mass is 9.87. The predicted octanol–water partition coefficient (Wildman–Crippen LogP) is 3.85. The molecule has 1 heterocycles. The maximum atomic E-state index is 12.8. The van der Waals surface area contributed by atoms with Crippen molar-refractivity contribution >= 4 is 17.1 Å². The van der Waals surface area contributed by atoms with Gasteiger partial charge < -0.3 is 9.67 Å². The van der Waals surface area contributed by atoms with E-state index in [2.05, 4.69) is 6.92 Å². The van der Waals surface area contributed by atoms with Crippen LogP contribution in [0.5, 0.6) is 5.75 Å². The standard InChI is InChI=1S/C19H19NO3/c1-2-3-4-10-20-11-6-8-15(20)14-12-17(22)18-13(19(14)23)7-5-9-16(18)21/h5-9,11-12,21H,2-4,10H2,1H3. The minimum absolute atomic E-state index is 0.102. The van der Waals surface area contributed by atoms with E-state index in [1.54, 1.807) is 12.1 Å². The van der Waals surface area contributed by atoms with Gasteiger partial charge in [0, 0.05) is 18.3 Å². The summed E-state index contributed by atoms with van der Waals surface area (Å²) < 4.78 is 2.01. The molecule has 4 heteroatoms. The summed E-state index contributed by atoms with van der Waals surface area (Å²) in [6.45, 7) is 2.97. The summed E-state index contributed by atoms with van der Waals surface area (Å²) in [6, 6.07) is 8.35. The molecule has 0 saturated heterocycles. The van der Waals surface area contributed by atoms with E-state index >= 15 is 0 Å². The highest BCUT2D eigenvalue weighted by molar-refractivity contribution is 6.38. The number of hydrogen-bond donors (Lipinski definition) is 1. The number of carbonyl (C=O) groups excluding carboxylic acids is 2. The van der Waals surface area contributed by atoms with Crippen molar-refractivity contribution in [3.63, 3.8) is 0 Å². The largest absolute Gasteiger partial charge is 0.507 e. The summed E-state index contributed by atoms with van der Waals surface area (Å²) in [5, 5.41) is 9.85. The van der Waals surface area contributed by atoms with Crippen molar-refractivity contribution in [3.8, 4) is 5.75 Å². The molecule has 4 nitrogen and oxygen atoms in total. The summed E-state index contributed by atoms with van der Waals surface area (Å²) in [7, 11) is 0. The number of aromatic nitrogens is 1. The molecule has 0 spiro atoms. The number of ketones is 2. The number of carbonyl (C=O) groups is 2. The predicted molar refractivity (Wildman–Crippen MR) is 88.7 cm³/mol. The monoisotopic (exact) mass is 309 g/mol. The average Bonchev–Trinajstić information content (AvgIpc) is 2.99. The maximum absolute atomic E-state index is 12.8. The van der Waals surface area contributed by atoms with Crippen LogP contribution in [0.4, 0.5) is 0 Å². The van der Waals surface area contributed by atoms with E-state index in [0.29, 0.717) is 5.57 Å². The number of phenols is 1. The zero-order valence-electron chi connectivity index (χ0n) is 13.1. The van der Waals surface area contributed by atoms with Crippen molar-refractivity contribution in [2.45, 2.75) is 32.7 Å². The van der Waals surface area contributed by atoms with E-state index in [1.165, 1.54) is 12.1 Å². The molecule has 0 unspecified atom stereocenters. The van der Waals surface area contributed by atoms with Gasteiger partial charge in [-0.15, -0.1) is 0 Å². The van der Waals surface area contributed by atoms with Crippen molar-refractivity contribution in [2.75, 3.05) is 0 Å². The van der Waals surface area contributed by atoms with Crippen molar-refractivity contribution < 1.29 is 14.7 Å². The number of unbranched alkanes of at least 4 members (excludes halogenated alkanes) is 2. The Balaban J connectivity index is 1.98. The van der Waals surface area contributed by atoms with Gasteiger partial charge in [-0.2, -0.15) is 0 Å². The van der Waals surface area contributed by atoms with E-state index in [-0.39, 0.29) is 28.4 Å². The maximum Gasteiger partial charge on any atom is 0.196 e. The summed E-state index contributed by atoms with van der Waals surface area (Å²) in [4.78, 5) is 25.1. The molecule has 0 atom stereocenters. The van der Waals surface area contributed by atoms with Crippen LogP contribution in [0.2, 0.25) is 0 Å². The van der Waals surface area contributed by atoms with Crippen molar-refractivity contribution in [1.82, 2.24) is 4.57 Å². The fourth-order valence-corrected chi connectivity index (χ4v) is 2.98. The number of rotatable bonds is 5. The van der Waals surface area contributed by atoms with E-state index in [9.17, 15) is 14.7 Å². The number of nitrogens with zero attached hydrogens (tertiary/aromatic N) is 1. The number of benzene rings is 1. The van der Waals surface area contributed by atoms with Gasteiger partial charge in [-0.1, -0.05) is 31.9 Å². The summed E-state index contributed by atoms with van der Waals surface area (Å²) in [5.74, 6) is -0.686. The van der Waals surface area contributed by atoms with Gasteiger partial charge in [-0.3, -0.25) is 9.59 Å². The Kier molecular flexibility index (Phi) is 4.15. The van der Waals surface area contributed by atoms with Gasteiger partial charge >= 0.3 is 0 Å². The van der Waals surface area contributed by atoms with Crippen LogP contribution in [0.15, 0.2) is 42.6 Å². The molecular formula is C19H19NO3. The van der Waals surface area contributed by atoms with Crippen LogP contribution >= 0.6 is 0 Å². The molecule has 1 aromatic carbocycles. The Morgan fingerprint density at radius 3 is 2.70 bits per heavy atom. The normalized spacial score (nSPS) is 13.9. The zero-order chi connectivity index (χ0) is 16.4. The number of allylic oxidation sites excluding steroid dienone is 2. The zero-order valence-corrected chi connectivity index (χ0v) is 13.1. The third kappa shape index (κ3) is 2.72. The van der Waals surface area contributed by atoms with Gasteiger partial charge in [0.25, 0.3) is 0 Å². The van der Waals surface area contributed by atoms with E-state index in [1.807, 2.05) is 22.9 Å². The number of aryl methyl sites for hydroxylation is 1. The number of aromatic hydroxyl groups is 1. The SMILES string of the molecule is CCCCCn1cccc1C1=CC(=O)c2c(O)cccc2C1=O. The molecule has 0 fully saturated rings. The van der Waals surface area contributed by atoms with Crippen molar-refractivity contribution in [1.29, 1.82) is 0 Å². The summed E-state index contributed by atoms with van der Waals surface area (Å²) in [6.07, 6.45) is 6.56. The molecule has 1 aliphatic carbocycles. The molecule has 23 heavy (non-hydrogen) atoms. The summed E-state index contributed by atoms with van der Waals surface area (Å²) in [5.41, 5.74) is 1.53. The van der Waals surface area contributed by atoms with Crippen LogP contribution in [0.3, 0.4) is 0 Å². The topological polar surface area (TPSA) is 59.3 Å². The number of Topliss-reactive ketones (excluding diaryl/α,β-unsaturated/α-hetero) is 1. The molecule has 3 rings (SSSR count). The molecule has 1 aromatic heterocycles. The Labute approximate surface area is 135 Å². The number of hydrogen-bond acceptors (Lipinski definition) is 3. The Bertz CT molecular complexity index is 799. The minimum atomic E-state index is -0.325. The van der Waals surface area contributed by atoms with Gasteiger partial charge in [-0.05, 0) is 30.7 Å². The highest BCUT2D eigenvalue weighted by Crippen LogP contribution is 2.32. The lowest BCUT2D eigenvalue weighted by molar-refractivity contribution is 0.0998. The van der Waals surface area contributed by atoms with Crippen LogP contribution in [0.1, 0.15) is 52.6 Å². The molecule has 1 N–H and O–H groups in total. The fraction of sp³-hybridized carbons (Fsp3) is 0.263. The molecule has 118 valence electrons. The van der Waals surface area contributed by atoms with Crippen LogP contribution in [0, 0.1) is 0 Å². The van der Waals surface area contributed by atoms with Crippen LogP contribution in [0.25, 0.3) is 5.57 Å². The molecule has 2 aromatic rings. The Morgan fingerprint density at radius 2 is 1.91 bits per heavy atom. The van der Waals surface area contributed by atoms with E-state index < -0.39 is 0 Å². The smallest absolute Gasteiger partial charge is 0.196 e. The molecular weight excluding hydrogens is 290 g/mol. The molecule has 0 saturated carbocycles. The lowest BCUT2D eigenvalue weighted by Gasteiger charge is -2.17. The molecule has 0 radical (unpaired) electrons. The Hall–Kier alpha value is -2.62. The van der Waals surface area contributed by atoms with Crippen LogP contribution in [-0.4, -0.2) is 21.2 Å². The minimum Gasteiger partial charge on any atom is -0.507 e. The first-order valence-electron chi connectivity index (χ1n) is 7.91. The number of fused-ring (bicyclic) bond motifs is 1. The first kappa shape index (κ1) is 15.3. The van der Waals surface area contributed by atoms with Crippen molar-refractivity contribution in [2.24, 2.45) is 0 Å². The van der Waals surface area contributed by atoms with Crippen LogP contribution < -0.4 is 0 Å². The summed E-state index contributed by atoms with van der Waals surface area (Å²) >= 11 is 0. The van der Waals surface area contributed by atoms with Crippen molar-refractivity contribution in [3.05, 3.63) is 59.4 Å². The van der Waals surface area contributed by atoms with Gasteiger partial charge in [0.05, 0.1) is 16.8 Å². The number of phenolic OH excluding ortho intramolecular Hbond substituents is 1. The van der Waals surface area contributed by atoms with Gasteiger partial charge in [0.2, 0.25) is 0 Å². The van der Waals surface area contributed by atoms with E-state index in [4.69, 9.17) is 0 Å². The van der Waals surface area contributed by atoms with E-state index in [0.717, 1.165) is 31.5 Å². The first-order valence-corrected chi connectivity index (χ1v) is 7.91. The molecule has 0 aliphatic heterocycles. The Morgan fingerprint density at radius 1 is 1.09 bits per heavy atom. The molecule has 0 bridgehead atoms. The third-order valence-corrected chi connectivity index (χ3v) is 4.16. The second-order valence-corrected chi connectivity index (χ2v) is 5.75. The lowest BCUT2D eigenvalue weighted by Crippen LogP contribution is -2.18. The average molecular weight is 309 g/mol. The fourth-order valence-electron chi connectivity index (χ4n) is 2.98. The first-order chi connectivity index (χ1) is 11.1.